The molecule has 2 N–H and O–H groups in total. The normalized spacial score (nSPS) is 10.3. The Kier molecular flexibility index (Phi) is 5.66. The molecule has 0 spiro atoms. The molecule has 0 bridgehead atoms. The number of benzene rings is 2. The SMILES string of the molecule is Cc1ccccc1CNC(=O)c1cnc(Nc2ccc(N(C)C)cc2)cn1. The number of hydrogen-bond acceptors (Lipinski definition) is 5. The molecule has 138 valence electrons. The van der Waals surface area contributed by atoms with E-state index in [1.807, 2.05) is 74.4 Å². The maximum atomic E-state index is 12.3. The summed E-state index contributed by atoms with van der Waals surface area (Å²) in [5.74, 6) is 0.343. The van der Waals surface area contributed by atoms with Crippen molar-refractivity contribution >= 4 is 23.1 Å². The molecule has 0 aliphatic rings. The second-order valence-electron chi connectivity index (χ2n) is 6.46. The standard InChI is InChI=1S/C21H23N5O/c1-15-6-4-5-7-16(15)12-24-21(27)19-13-23-20(14-22-19)25-17-8-10-18(11-9-17)26(2)3/h4-11,13-14H,12H2,1-3H3,(H,23,25)(H,24,27). The van der Waals surface area contributed by atoms with Gasteiger partial charge in [0, 0.05) is 32.0 Å². The van der Waals surface area contributed by atoms with Crippen LogP contribution in [0.25, 0.3) is 0 Å². The van der Waals surface area contributed by atoms with Crippen molar-refractivity contribution in [1.29, 1.82) is 0 Å². The highest BCUT2D eigenvalue weighted by atomic mass is 16.1. The summed E-state index contributed by atoms with van der Waals surface area (Å²) in [5.41, 5.74) is 4.54. The summed E-state index contributed by atoms with van der Waals surface area (Å²) in [6, 6.07) is 15.9. The van der Waals surface area contributed by atoms with Crippen LogP contribution in [0.2, 0.25) is 0 Å². The van der Waals surface area contributed by atoms with Crippen LogP contribution in [-0.4, -0.2) is 30.0 Å². The second-order valence-corrected chi connectivity index (χ2v) is 6.46. The summed E-state index contributed by atoms with van der Waals surface area (Å²) in [6.07, 6.45) is 3.03. The van der Waals surface area contributed by atoms with E-state index in [1.54, 1.807) is 6.20 Å². The van der Waals surface area contributed by atoms with Crippen molar-refractivity contribution in [3.8, 4) is 0 Å². The molecule has 0 fully saturated rings. The molecule has 0 unspecified atom stereocenters. The average molecular weight is 361 g/mol. The van der Waals surface area contributed by atoms with Crippen molar-refractivity contribution in [1.82, 2.24) is 15.3 Å². The second kappa shape index (κ2) is 8.31. The molecule has 2 aromatic carbocycles. The van der Waals surface area contributed by atoms with Gasteiger partial charge in [0.25, 0.3) is 5.91 Å². The third-order valence-corrected chi connectivity index (χ3v) is 4.24. The van der Waals surface area contributed by atoms with E-state index in [9.17, 15) is 4.79 Å². The van der Waals surface area contributed by atoms with Crippen molar-refractivity contribution in [2.75, 3.05) is 24.3 Å². The van der Waals surface area contributed by atoms with E-state index in [-0.39, 0.29) is 11.6 Å². The highest BCUT2D eigenvalue weighted by molar-refractivity contribution is 5.92. The van der Waals surface area contributed by atoms with Gasteiger partial charge in [0.05, 0.1) is 12.4 Å². The molecule has 0 aliphatic heterocycles. The number of rotatable bonds is 6. The van der Waals surface area contributed by atoms with Gasteiger partial charge in [0.15, 0.2) is 0 Å². The molecular weight excluding hydrogens is 338 g/mol. The lowest BCUT2D eigenvalue weighted by Gasteiger charge is -2.13. The first-order valence-electron chi connectivity index (χ1n) is 8.72. The lowest BCUT2D eigenvalue weighted by Crippen LogP contribution is -2.24. The first kappa shape index (κ1) is 18.4. The van der Waals surface area contributed by atoms with Gasteiger partial charge in [-0.05, 0) is 42.3 Å². The zero-order valence-electron chi connectivity index (χ0n) is 15.7. The molecule has 0 radical (unpaired) electrons. The summed E-state index contributed by atoms with van der Waals surface area (Å²) in [5, 5.41) is 6.05. The Bertz CT molecular complexity index is 905. The summed E-state index contributed by atoms with van der Waals surface area (Å²) in [7, 11) is 3.99. The average Bonchev–Trinajstić information content (AvgIpc) is 2.68. The van der Waals surface area contributed by atoms with Gasteiger partial charge in [0.2, 0.25) is 0 Å². The van der Waals surface area contributed by atoms with Gasteiger partial charge in [-0.15, -0.1) is 0 Å². The first-order valence-corrected chi connectivity index (χ1v) is 8.72. The Labute approximate surface area is 159 Å². The van der Waals surface area contributed by atoms with E-state index in [0.717, 1.165) is 22.5 Å². The van der Waals surface area contributed by atoms with Gasteiger partial charge in [-0.2, -0.15) is 0 Å². The van der Waals surface area contributed by atoms with Crippen LogP contribution in [0.5, 0.6) is 0 Å². The monoisotopic (exact) mass is 361 g/mol. The number of carbonyl (C=O) groups excluding carboxylic acids is 1. The predicted octanol–water partition coefficient (Wildman–Crippen LogP) is 3.52. The Balaban J connectivity index is 1.59. The molecule has 3 aromatic rings. The molecule has 1 amide bonds. The maximum absolute atomic E-state index is 12.3. The van der Waals surface area contributed by atoms with Gasteiger partial charge in [-0.3, -0.25) is 4.79 Å². The lowest BCUT2D eigenvalue weighted by atomic mass is 10.1. The number of carbonyl (C=O) groups is 1. The fraction of sp³-hybridized carbons (Fsp3) is 0.190. The van der Waals surface area contributed by atoms with Crippen LogP contribution in [0.4, 0.5) is 17.2 Å². The van der Waals surface area contributed by atoms with Crippen LogP contribution in [0.1, 0.15) is 21.6 Å². The third-order valence-electron chi connectivity index (χ3n) is 4.24. The smallest absolute Gasteiger partial charge is 0.271 e. The van der Waals surface area contributed by atoms with E-state index in [4.69, 9.17) is 0 Å². The third kappa shape index (κ3) is 4.82. The van der Waals surface area contributed by atoms with E-state index < -0.39 is 0 Å². The Morgan fingerprint density at radius 1 is 1.00 bits per heavy atom. The van der Waals surface area contributed by atoms with Crippen LogP contribution in [0.3, 0.4) is 0 Å². The fourth-order valence-electron chi connectivity index (χ4n) is 2.58. The molecule has 6 nitrogen and oxygen atoms in total. The molecule has 27 heavy (non-hydrogen) atoms. The fourth-order valence-corrected chi connectivity index (χ4v) is 2.58. The topological polar surface area (TPSA) is 70.2 Å². The van der Waals surface area contributed by atoms with Gasteiger partial charge in [-0.1, -0.05) is 24.3 Å². The van der Waals surface area contributed by atoms with Crippen molar-refractivity contribution < 1.29 is 4.79 Å². The minimum Gasteiger partial charge on any atom is -0.378 e. The Hall–Kier alpha value is -3.41. The van der Waals surface area contributed by atoms with Gasteiger partial charge in [0.1, 0.15) is 11.5 Å². The predicted molar refractivity (Wildman–Crippen MR) is 108 cm³/mol. The van der Waals surface area contributed by atoms with E-state index in [1.165, 1.54) is 6.20 Å². The van der Waals surface area contributed by atoms with E-state index in [0.29, 0.717) is 12.4 Å². The highest BCUT2D eigenvalue weighted by Gasteiger charge is 2.08. The molecule has 1 aromatic heterocycles. The highest BCUT2D eigenvalue weighted by Crippen LogP contribution is 2.18. The van der Waals surface area contributed by atoms with Crippen molar-refractivity contribution in [3.63, 3.8) is 0 Å². The van der Waals surface area contributed by atoms with Crippen molar-refractivity contribution in [2.45, 2.75) is 13.5 Å². The lowest BCUT2D eigenvalue weighted by molar-refractivity contribution is 0.0945. The summed E-state index contributed by atoms with van der Waals surface area (Å²) >= 11 is 0. The van der Waals surface area contributed by atoms with Gasteiger partial charge in [-0.25, -0.2) is 9.97 Å². The summed E-state index contributed by atoms with van der Waals surface area (Å²) < 4.78 is 0. The number of aryl methyl sites for hydroxylation is 1. The Morgan fingerprint density at radius 2 is 1.74 bits per heavy atom. The van der Waals surface area contributed by atoms with Gasteiger partial charge < -0.3 is 15.5 Å². The molecule has 6 heteroatoms. The Morgan fingerprint density at radius 3 is 2.37 bits per heavy atom. The van der Waals surface area contributed by atoms with Crippen molar-refractivity contribution in [3.05, 3.63) is 77.7 Å². The summed E-state index contributed by atoms with van der Waals surface area (Å²) in [4.78, 5) is 22.8. The maximum Gasteiger partial charge on any atom is 0.271 e. The number of anilines is 3. The molecule has 3 rings (SSSR count). The number of aromatic nitrogens is 2. The van der Waals surface area contributed by atoms with Crippen LogP contribution < -0.4 is 15.5 Å². The van der Waals surface area contributed by atoms with Crippen LogP contribution in [0.15, 0.2) is 60.9 Å². The van der Waals surface area contributed by atoms with Crippen LogP contribution in [-0.2, 0) is 6.54 Å². The van der Waals surface area contributed by atoms with Crippen LogP contribution >= 0.6 is 0 Å². The minimum absolute atomic E-state index is 0.243. The molecule has 0 aliphatic carbocycles. The quantitative estimate of drug-likeness (QED) is 0.703. The number of nitrogens with zero attached hydrogens (tertiary/aromatic N) is 3. The zero-order valence-corrected chi connectivity index (χ0v) is 15.7. The minimum atomic E-state index is -0.243. The first-order chi connectivity index (χ1) is 13.0. The van der Waals surface area contributed by atoms with Crippen molar-refractivity contribution in [2.24, 2.45) is 0 Å². The van der Waals surface area contributed by atoms with E-state index >= 15 is 0 Å². The number of amides is 1. The molecule has 1 heterocycles. The molecule has 0 saturated carbocycles. The van der Waals surface area contributed by atoms with Crippen LogP contribution in [0, 0.1) is 6.92 Å². The van der Waals surface area contributed by atoms with Gasteiger partial charge >= 0.3 is 0 Å². The number of nitrogens with one attached hydrogen (secondary N) is 2. The largest absolute Gasteiger partial charge is 0.378 e. The molecule has 0 saturated heterocycles. The summed E-state index contributed by atoms with van der Waals surface area (Å²) in [6.45, 7) is 2.48. The number of hydrogen-bond donors (Lipinski definition) is 2. The molecule has 0 atom stereocenters. The molecular formula is C21H23N5O. The van der Waals surface area contributed by atoms with E-state index in [2.05, 4.69) is 20.6 Å². The zero-order chi connectivity index (χ0) is 19.2.